The maximum atomic E-state index is 10.9. The molecule has 0 bridgehead atoms. The highest BCUT2D eigenvalue weighted by Gasteiger charge is 2.10. The zero-order valence-corrected chi connectivity index (χ0v) is 18.4. The van der Waals surface area contributed by atoms with E-state index in [-0.39, 0.29) is 13.1 Å². The molecule has 0 spiro atoms. The molecular formula is C14H28I2N4O4. The van der Waals surface area contributed by atoms with Gasteiger partial charge in [0.05, 0.1) is 6.54 Å². The zero-order chi connectivity index (χ0) is 18.4. The molecule has 0 saturated carbocycles. The molecule has 8 nitrogen and oxygen atoms in total. The van der Waals surface area contributed by atoms with Crippen LogP contribution in [0.5, 0.6) is 0 Å². The first-order valence-corrected chi connectivity index (χ1v) is 9.96. The van der Waals surface area contributed by atoms with Crippen molar-refractivity contribution >= 4 is 57.7 Å². The lowest BCUT2D eigenvalue weighted by molar-refractivity contribution is -0.138. The lowest BCUT2D eigenvalue weighted by Crippen LogP contribution is -2.37. The second-order valence-corrected chi connectivity index (χ2v) is 8.10. The smallest absolute Gasteiger partial charge is 0.318 e. The molecule has 0 aromatic rings. The van der Waals surface area contributed by atoms with Crippen molar-refractivity contribution in [2.75, 3.05) is 58.9 Å². The summed E-state index contributed by atoms with van der Waals surface area (Å²) in [4.78, 5) is 23.4. The number of halogens is 2. The molecule has 0 fully saturated rings. The van der Waals surface area contributed by atoms with Crippen LogP contribution < -0.4 is 5.32 Å². The standard InChI is InChI=1S/C14H28I2N4O4/c1-2-19(15)9-4-7-18(11-13(21)22)10-6-17-5-3-8-20(16)12-14(23)24/h17H,2-12H2,1H3,(H,21,22)(H,23,24). The number of rotatable bonds is 16. The van der Waals surface area contributed by atoms with Crippen molar-refractivity contribution in [1.29, 1.82) is 0 Å². The number of hydrogen-bond donors (Lipinski definition) is 3. The van der Waals surface area contributed by atoms with Crippen LogP contribution in [-0.2, 0) is 9.59 Å². The number of carbonyl (C=O) groups is 2. The van der Waals surface area contributed by atoms with E-state index in [2.05, 4.69) is 38.2 Å². The van der Waals surface area contributed by atoms with Crippen molar-refractivity contribution in [3.63, 3.8) is 0 Å². The van der Waals surface area contributed by atoms with E-state index in [0.717, 1.165) is 45.6 Å². The minimum atomic E-state index is -0.824. The molecule has 0 aromatic carbocycles. The van der Waals surface area contributed by atoms with Crippen LogP contribution in [0.4, 0.5) is 0 Å². The Kier molecular flexibility index (Phi) is 15.6. The third-order valence-electron chi connectivity index (χ3n) is 3.24. The van der Waals surface area contributed by atoms with Crippen LogP contribution in [0.1, 0.15) is 19.8 Å². The Labute approximate surface area is 171 Å². The number of nitrogens with zero attached hydrogens (tertiary/aromatic N) is 3. The molecule has 0 unspecified atom stereocenters. The molecule has 0 saturated heterocycles. The van der Waals surface area contributed by atoms with Gasteiger partial charge in [-0.2, -0.15) is 0 Å². The Morgan fingerprint density at radius 3 is 2.08 bits per heavy atom. The van der Waals surface area contributed by atoms with Crippen LogP contribution in [0.25, 0.3) is 0 Å². The molecule has 10 heteroatoms. The molecule has 3 N–H and O–H groups in total. The molecule has 0 amide bonds. The SMILES string of the molecule is CCN(I)CCCN(CCNCCCN(I)CC(=O)O)CC(=O)O. The minimum absolute atomic E-state index is 0.0402. The maximum Gasteiger partial charge on any atom is 0.318 e. The van der Waals surface area contributed by atoms with E-state index < -0.39 is 11.9 Å². The third kappa shape index (κ3) is 15.7. The van der Waals surface area contributed by atoms with E-state index in [1.165, 1.54) is 0 Å². The highest BCUT2D eigenvalue weighted by atomic mass is 127. The summed E-state index contributed by atoms with van der Waals surface area (Å²) in [6.07, 6.45) is 1.80. The maximum absolute atomic E-state index is 10.9. The summed E-state index contributed by atoms with van der Waals surface area (Å²) in [5.41, 5.74) is 0. The lowest BCUT2D eigenvalue weighted by Gasteiger charge is -2.21. The molecule has 0 aromatic heterocycles. The highest BCUT2D eigenvalue weighted by Crippen LogP contribution is 2.01. The molecule has 0 aliphatic heterocycles. The first-order valence-electron chi connectivity index (χ1n) is 8.03. The molecule has 0 radical (unpaired) electrons. The Hall–Kier alpha value is 0.240. The van der Waals surface area contributed by atoms with Crippen LogP contribution in [0.15, 0.2) is 0 Å². The van der Waals surface area contributed by atoms with Gasteiger partial charge in [-0.3, -0.25) is 14.5 Å². The van der Waals surface area contributed by atoms with Gasteiger partial charge < -0.3 is 15.5 Å². The monoisotopic (exact) mass is 570 g/mol. The van der Waals surface area contributed by atoms with Gasteiger partial charge >= 0.3 is 11.9 Å². The predicted octanol–water partition coefficient (Wildman–Crippen LogP) is 1.15. The van der Waals surface area contributed by atoms with Crippen molar-refractivity contribution in [1.82, 2.24) is 16.4 Å². The number of nitrogens with one attached hydrogen (secondary N) is 1. The third-order valence-corrected chi connectivity index (χ3v) is 5.23. The van der Waals surface area contributed by atoms with Gasteiger partial charge in [-0.25, -0.2) is 6.23 Å². The van der Waals surface area contributed by atoms with Crippen molar-refractivity contribution in [2.45, 2.75) is 19.8 Å². The molecular weight excluding hydrogens is 542 g/mol. The van der Waals surface area contributed by atoms with Gasteiger partial charge in [0, 0.05) is 85.0 Å². The van der Waals surface area contributed by atoms with Crippen LogP contribution in [-0.4, -0.2) is 92.2 Å². The minimum Gasteiger partial charge on any atom is -0.480 e. The normalized spacial score (nSPS) is 11.6. The second-order valence-electron chi connectivity index (χ2n) is 5.37. The first-order chi connectivity index (χ1) is 11.3. The van der Waals surface area contributed by atoms with E-state index in [9.17, 15) is 9.59 Å². The largest absolute Gasteiger partial charge is 0.480 e. The number of aliphatic carboxylic acids is 2. The van der Waals surface area contributed by atoms with Gasteiger partial charge in [-0.05, 0) is 19.4 Å². The van der Waals surface area contributed by atoms with Crippen molar-refractivity contribution in [3.8, 4) is 0 Å². The molecule has 0 aliphatic rings. The fourth-order valence-corrected chi connectivity index (χ4v) is 3.02. The van der Waals surface area contributed by atoms with Crippen molar-refractivity contribution in [2.24, 2.45) is 0 Å². The highest BCUT2D eigenvalue weighted by molar-refractivity contribution is 14.1. The fourth-order valence-electron chi connectivity index (χ4n) is 2.05. The molecule has 0 atom stereocenters. The average Bonchev–Trinajstić information content (AvgIpc) is 2.48. The van der Waals surface area contributed by atoms with E-state index in [1.807, 2.05) is 27.8 Å². The molecule has 0 aliphatic carbocycles. The molecule has 0 heterocycles. The van der Waals surface area contributed by atoms with Gasteiger partial charge in [0.15, 0.2) is 0 Å². The topological polar surface area (TPSA) is 96.4 Å². The van der Waals surface area contributed by atoms with E-state index in [4.69, 9.17) is 10.2 Å². The first kappa shape index (κ1) is 24.2. The second kappa shape index (κ2) is 15.5. The lowest BCUT2D eigenvalue weighted by atomic mass is 10.3. The Balaban J connectivity index is 3.81. The number of carboxylic acids is 2. The summed E-state index contributed by atoms with van der Waals surface area (Å²) in [7, 11) is 0. The predicted molar refractivity (Wildman–Crippen MR) is 111 cm³/mol. The van der Waals surface area contributed by atoms with Crippen LogP contribution in [0.3, 0.4) is 0 Å². The van der Waals surface area contributed by atoms with Crippen LogP contribution >= 0.6 is 45.7 Å². The average molecular weight is 570 g/mol. The summed E-state index contributed by atoms with van der Waals surface area (Å²) in [5.74, 6) is -1.62. The molecule has 24 heavy (non-hydrogen) atoms. The van der Waals surface area contributed by atoms with E-state index >= 15 is 0 Å². The van der Waals surface area contributed by atoms with Gasteiger partial charge in [-0.1, -0.05) is 6.92 Å². The van der Waals surface area contributed by atoms with Gasteiger partial charge in [-0.15, -0.1) is 0 Å². The van der Waals surface area contributed by atoms with E-state index in [0.29, 0.717) is 13.1 Å². The summed E-state index contributed by atoms with van der Waals surface area (Å²) < 4.78 is 3.92. The summed E-state index contributed by atoms with van der Waals surface area (Å²) in [5, 5.41) is 20.9. The molecule has 0 rings (SSSR count). The Morgan fingerprint density at radius 1 is 0.875 bits per heavy atom. The Bertz CT molecular complexity index is 364. The summed E-state index contributed by atoms with van der Waals surface area (Å²) in [6.45, 7) is 7.84. The van der Waals surface area contributed by atoms with Crippen molar-refractivity contribution < 1.29 is 19.8 Å². The fraction of sp³-hybridized carbons (Fsp3) is 0.857. The zero-order valence-electron chi connectivity index (χ0n) is 14.1. The van der Waals surface area contributed by atoms with Crippen LogP contribution in [0, 0.1) is 0 Å². The van der Waals surface area contributed by atoms with Crippen molar-refractivity contribution in [3.05, 3.63) is 0 Å². The van der Waals surface area contributed by atoms with E-state index in [1.54, 1.807) is 3.11 Å². The Morgan fingerprint density at radius 2 is 1.50 bits per heavy atom. The van der Waals surface area contributed by atoms with Crippen LogP contribution in [0.2, 0.25) is 0 Å². The summed E-state index contributed by atoms with van der Waals surface area (Å²) >= 11 is 4.29. The quantitative estimate of drug-likeness (QED) is 0.145. The van der Waals surface area contributed by atoms with Gasteiger partial charge in [0.2, 0.25) is 0 Å². The van der Waals surface area contributed by atoms with Gasteiger partial charge in [0.25, 0.3) is 0 Å². The molecule has 142 valence electrons. The number of carboxylic acid groups (broad SMARTS) is 2. The number of hydrogen-bond acceptors (Lipinski definition) is 6. The van der Waals surface area contributed by atoms with Gasteiger partial charge in [0.1, 0.15) is 6.54 Å². The summed E-state index contributed by atoms with van der Waals surface area (Å²) in [6, 6.07) is 0.